The van der Waals surface area contributed by atoms with Gasteiger partial charge in [-0.15, -0.1) is 0 Å². The van der Waals surface area contributed by atoms with Crippen LogP contribution in [-0.2, 0) is 0 Å². The molecule has 0 radical (unpaired) electrons. The predicted molar refractivity (Wildman–Crippen MR) is 83.8 cm³/mol. The summed E-state index contributed by atoms with van der Waals surface area (Å²) >= 11 is 0. The van der Waals surface area contributed by atoms with Crippen LogP contribution in [0.15, 0.2) is 47.1 Å². The van der Waals surface area contributed by atoms with Gasteiger partial charge >= 0.3 is 0 Å². The van der Waals surface area contributed by atoms with Crippen LogP contribution < -0.4 is 0 Å². The highest BCUT2D eigenvalue weighted by molar-refractivity contribution is 5.59. The average molecular weight is 292 g/mol. The third-order valence-corrected chi connectivity index (χ3v) is 2.81. The van der Waals surface area contributed by atoms with Crippen molar-refractivity contribution in [1.29, 1.82) is 5.26 Å². The van der Waals surface area contributed by atoms with Gasteiger partial charge in [0.05, 0.1) is 11.6 Å². The number of aromatic nitrogens is 3. The molecule has 22 heavy (non-hydrogen) atoms. The molecule has 0 unspecified atom stereocenters. The minimum atomic E-state index is 0.363. The average Bonchev–Trinajstić information content (AvgIpc) is 3.07. The van der Waals surface area contributed by atoms with Crippen molar-refractivity contribution in [3.05, 3.63) is 53.7 Å². The van der Waals surface area contributed by atoms with Crippen LogP contribution in [0.25, 0.3) is 23.0 Å². The molecule has 0 saturated carbocycles. The Kier molecular flexibility index (Phi) is 4.99. The molecule has 0 fully saturated rings. The minimum Gasteiger partial charge on any atom is -0.332 e. The molecular weight excluding hydrogens is 276 g/mol. The molecule has 0 aliphatic heterocycles. The maximum absolute atomic E-state index is 8.89. The van der Waals surface area contributed by atoms with Crippen molar-refractivity contribution in [1.82, 2.24) is 15.1 Å². The molecule has 0 aliphatic carbocycles. The summed E-state index contributed by atoms with van der Waals surface area (Å²) in [6, 6.07) is 12.9. The Hall–Kier alpha value is -3.00. The Morgan fingerprint density at radius 1 is 1.14 bits per heavy atom. The first kappa shape index (κ1) is 15.4. The summed E-state index contributed by atoms with van der Waals surface area (Å²) in [6.45, 7) is 5.96. The Morgan fingerprint density at radius 2 is 1.95 bits per heavy atom. The van der Waals surface area contributed by atoms with Gasteiger partial charge in [0.2, 0.25) is 5.82 Å². The standard InChI is InChI=1S/C15H10N4O.C2H6/c1-10-5-6-13(17-9-10)15-18-14(19-20-15)12-4-2-3-11(7-12)8-16;1-2/h2-7,9H,1H3;1-2H3. The fraction of sp³-hybridized carbons (Fsp3) is 0.176. The van der Waals surface area contributed by atoms with Gasteiger partial charge in [0, 0.05) is 11.8 Å². The van der Waals surface area contributed by atoms with Gasteiger partial charge in [0.25, 0.3) is 5.89 Å². The number of nitrogens with zero attached hydrogens (tertiary/aromatic N) is 4. The van der Waals surface area contributed by atoms with Crippen molar-refractivity contribution in [3.63, 3.8) is 0 Å². The maximum atomic E-state index is 8.89. The molecule has 5 heteroatoms. The molecule has 3 aromatic rings. The van der Waals surface area contributed by atoms with Gasteiger partial charge in [-0.2, -0.15) is 10.2 Å². The van der Waals surface area contributed by atoms with E-state index < -0.39 is 0 Å². The molecule has 0 amide bonds. The Morgan fingerprint density at radius 3 is 2.64 bits per heavy atom. The lowest BCUT2D eigenvalue weighted by Crippen LogP contribution is -1.85. The SMILES string of the molecule is CC.Cc1ccc(-c2nc(-c3cccc(C#N)c3)no2)nc1. The van der Waals surface area contributed by atoms with Crippen molar-refractivity contribution in [2.45, 2.75) is 20.8 Å². The molecule has 1 aromatic carbocycles. The van der Waals surface area contributed by atoms with Gasteiger partial charge in [0.1, 0.15) is 5.69 Å². The highest BCUT2D eigenvalue weighted by Gasteiger charge is 2.11. The quantitative estimate of drug-likeness (QED) is 0.713. The van der Waals surface area contributed by atoms with Crippen molar-refractivity contribution < 1.29 is 4.52 Å². The topological polar surface area (TPSA) is 75.6 Å². The Balaban J connectivity index is 0.000000847. The van der Waals surface area contributed by atoms with Crippen molar-refractivity contribution in [3.8, 4) is 29.0 Å². The van der Waals surface area contributed by atoms with E-state index in [0.717, 1.165) is 11.1 Å². The number of hydrogen-bond acceptors (Lipinski definition) is 5. The van der Waals surface area contributed by atoms with E-state index in [4.69, 9.17) is 9.78 Å². The molecule has 0 atom stereocenters. The Bertz CT molecular complexity index is 785. The minimum absolute atomic E-state index is 0.363. The van der Waals surface area contributed by atoms with Gasteiger partial charge < -0.3 is 4.52 Å². The lowest BCUT2D eigenvalue weighted by atomic mass is 10.1. The van der Waals surface area contributed by atoms with Crippen molar-refractivity contribution >= 4 is 0 Å². The summed E-state index contributed by atoms with van der Waals surface area (Å²) in [5.41, 5.74) is 2.99. The first-order valence-corrected chi connectivity index (χ1v) is 7.03. The summed E-state index contributed by atoms with van der Waals surface area (Å²) < 4.78 is 5.21. The van der Waals surface area contributed by atoms with Crippen LogP contribution in [-0.4, -0.2) is 15.1 Å². The molecule has 110 valence electrons. The molecular formula is C17H16N4O. The van der Waals surface area contributed by atoms with Crippen LogP contribution in [0.1, 0.15) is 25.0 Å². The van der Waals surface area contributed by atoms with E-state index in [1.165, 1.54) is 0 Å². The zero-order valence-electron chi connectivity index (χ0n) is 12.7. The fourth-order valence-corrected chi connectivity index (χ4v) is 1.77. The summed E-state index contributed by atoms with van der Waals surface area (Å²) in [5.74, 6) is 0.807. The largest absolute Gasteiger partial charge is 0.332 e. The van der Waals surface area contributed by atoms with Gasteiger partial charge in [0.15, 0.2) is 0 Å². The molecule has 0 bridgehead atoms. The molecule has 0 N–H and O–H groups in total. The van der Waals surface area contributed by atoms with Crippen LogP contribution in [0.2, 0.25) is 0 Å². The van der Waals surface area contributed by atoms with Gasteiger partial charge in [-0.25, -0.2) is 0 Å². The van der Waals surface area contributed by atoms with E-state index in [2.05, 4.69) is 21.2 Å². The van der Waals surface area contributed by atoms with Crippen LogP contribution in [0.4, 0.5) is 0 Å². The highest BCUT2D eigenvalue weighted by atomic mass is 16.5. The third-order valence-electron chi connectivity index (χ3n) is 2.81. The third kappa shape index (κ3) is 3.36. The van der Waals surface area contributed by atoms with E-state index in [-0.39, 0.29) is 0 Å². The number of pyridine rings is 1. The number of rotatable bonds is 2. The smallest absolute Gasteiger partial charge is 0.276 e. The molecule has 0 spiro atoms. The van der Waals surface area contributed by atoms with Crippen LogP contribution >= 0.6 is 0 Å². The number of aryl methyl sites for hydroxylation is 1. The number of nitriles is 1. The second kappa shape index (κ2) is 7.14. The molecule has 2 heterocycles. The second-order valence-corrected chi connectivity index (χ2v) is 4.34. The second-order valence-electron chi connectivity index (χ2n) is 4.34. The van der Waals surface area contributed by atoms with Crippen LogP contribution in [0.3, 0.4) is 0 Å². The maximum Gasteiger partial charge on any atom is 0.276 e. The molecule has 2 aromatic heterocycles. The van der Waals surface area contributed by atoms with Crippen LogP contribution in [0, 0.1) is 18.3 Å². The van der Waals surface area contributed by atoms with Gasteiger partial charge in [-0.1, -0.05) is 37.2 Å². The molecule has 0 aliphatic rings. The first-order valence-electron chi connectivity index (χ1n) is 7.03. The predicted octanol–water partition coefficient (Wildman–Crippen LogP) is 4.00. The highest BCUT2D eigenvalue weighted by Crippen LogP contribution is 2.21. The van der Waals surface area contributed by atoms with Gasteiger partial charge in [-0.05, 0) is 30.7 Å². The van der Waals surface area contributed by atoms with E-state index >= 15 is 0 Å². The molecule has 5 nitrogen and oxygen atoms in total. The Labute approximate surface area is 129 Å². The van der Waals surface area contributed by atoms with Crippen molar-refractivity contribution in [2.24, 2.45) is 0 Å². The normalized spacial score (nSPS) is 9.55. The summed E-state index contributed by atoms with van der Waals surface area (Å²) in [5, 5.41) is 12.8. The monoisotopic (exact) mass is 292 g/mol. The van der Waals surface area contributed by atoms with Crippen LogP contribution in [0.5, 0.6) is 0 Å². The van der Waals surface area contributed by atoms with E-state index in [1.54, 1.807) is 24.4 Å². The molecule has 3 rings (SSSR count). The number of benzene rings is 1. The van der Waals surface area contributed by atoms with Gasteiger partial charge in [-0.3, -0.25) is 4.98 Å². The van der Waals surface area contributed by atoms with E-state index in [0.29, 0.717) is 23.0 Å². The summed E-state index contributed by atoms with van der Waals surface area (Å²) in [4.78, 5) is 8.55. The van der Waals surface area contributed by atoms with E-state index in [9.17, 15) is 0 Å². The number of hydrogen-bond donors (Lipinski definition) is 0. The lowest BCUT2D eigenvalue weighted by molar-refractivity contribution is 0.431. The lowest BCUT2D eigenvalue weighted by Gasteiger charge is -1.94. The van der Waals surface area contributed by atoms with E-state index in [1.807, 2.05) is 39.0 Å². The first-order chi connectivity index (χ1) is 10.8. The zero-order valence-corrected chi connectivity index (χ0v) is 12.7. The summed E-state index contributed by atoms with van der Waals surface area (Å²) in [6.07, 6.45) is 1.75. The zero-order chi connectivity index (χ0) is 15.9. The molecule has 0 saturated heterocycles. The fourth-order valence-electron chi connectivity index (χ4n) is 1.77. The summed E-state index contributed by atoms with van der Waals surface area (Å²) in [7, 11) is 0. The van der Waals surface area contributed by atoms with Crippen molar-refractivity contribution in [2.75, 3.05) is 0 Å².